The van der Waals surface area contributed by atoms with Crippen molar-refractivity contribution in [1.82, 2.24) is 4.98 Å². The molecule has 0 fully saturated rings. The molecule has 0 amide bonds. The van der Waals surface area contributed by atoms with Gasteiger partial charge in [0.25, 0.3) is 0 Å². The Morgan fingerprint density at radius 1 is 1.00 bits per heavy atom. The van der Waals surface area contributed by atoms with Crippen LogP contribution in [0.15, 0.2) is 59.2 Å². The summed E-state index contributed by atoms with van der Waals surface area (Å²) in [6.07, 6.45) is 1.81. The van der Waals surface area contributed by atoms with E-state index in [-0.39, 0.29) is 0 Å². The SMILES string of the molecule is BrCc1cc(Br)ccc1OCc1cccc2cccnc12. The van der Waals surface area contributed by atoms with Gasteiger partial charge in [0.05, 0.1) is 5.52 Å². The van der Waals surface area contributed by atoms with Crippen molar-refractivity contribution >= 4 is 42.8 Å². The van der Waals surface area contributed by atoms with Gasteiger partial charge in [-0.3, -0.25) is 4.98 Å². The molecule has 2 aromatic carbocycles. The smallest absolute Gasteiger partial charge is 0.123 e. The van der Waals surface area contributed by atoms with Gasteiger partial charge in [-0.1, -0.05) is 56.1 Å². The summed E-state index contributed by atoms with van der Waals surface area (Å²) in [4.78, 5) is 4.45. The van der Waals surface area contributed by atoms with Gasteiger partial charge >= 0.3 is 0 Å². The van der Waals surface area contributed by atoms with E-state index >= 15 is 0 Å². The third-order valence-corrected chi connectivity index (χ3v) is 4.36. The molecule has 3 aromatic rings. The van der Waals surface area contributed by atoms with Crippen LogP contribution in [0.2, 0.25) is 0 Å². The highest BCUT2D eigenvalue weighted by Crippen LogP contribution is 2.26. The van der Waals surface area contributed by atoms with Crippen LogP contribution in [0.1, 0.15) is 11.1 Å². The van der Waals surface area contributed by atoms with Crippen LogP contribution in [0, 0.1) is 0 Å². The Bertz CT molecular complexity index is 768. The summed E-state index contributed by atoms with van der Waals surface area (Å²) in [7, 11) is 0. The first kappa shape index (κ1) is 14.5. The average molecular weight is 407 g/mol. The lowest BCUT2D eigenvalue weighted by atomic mass is 10.1. The predicted molar refractivity (Wildman–Crippen MR) is 92.8 cm³/mol. The number of alkyl halides is 1. The Balaban J connectivity index is 1.87. The zero-order chi connectivity index (χ0) is 14.7. The Morgan fingerprint density at radius 2 is 1.86 bits per heavy atom. The molecule has 0 spiro atoms. The van der Waals surface area contributed by atoms with Gasteiger partial charge in [0.1, 0.15) is 12.4 Å². The maximum absolute atomic E-state index is 5.99. The van der Waals surface area contributed by atoms with Crippen molar-refractivity contribution in [3.05, 3.63) is 70.3 Å². The summed E-state index contributed by atoms with van der Waals surface area (Å²) in [5.41, 5.74) is 3.21. The summed E-state index contributed by atoms with van der Waals surface area (Å²) in [6.45, 7) is 0.510. The molecule has 1 aromatic heterocycles. The van der Waals surface area contributed by atoms with E-state index in [0.29, 0.717) is 6.61 Å². The van der Waals surface area contributed by atoms with Crippen molar-refractivity contribution in [1.29, 1.82) is 0 Å². The second-order valence-corrected chi connectivity index (χ2v) is 6.14. The Hall–Kier alpha value is -1.39. The molecule has 4 heteroatoms. The van der Waals surface area contributed by atoms with E-state index < -0.39 is 0 Å². The van der Waals surface area contributed by atoms with Crippen molar-refractivity contribution in [2.45, 2.75) is 11.9 Å². The number of ether oxygens (including phenoxy) is 1. The van der Waals surface area contributed by atoms with E-state index in [4.69, 9.17) is 4.74 Å². The zero-order valence-electron chi connectivity index (χ0n) is 11.2. The summed E-state index contributed by atoms with van der Waals surface area (Å²) in [5, 5.41) is 1.89. The minimum atomic E-state index is 0.510. The van der Waals surface area contributed by atoms with Gasteiger partial charge in [-0.25, -0.2) is 0 Å². The van der Waals surface area contributed by atoms with Crippen LogP contribution in [0.5, 0.6) is 5.75 Å². The molecule has 0 saturated carbocycles. The maximum atomic E-state index is 5.99. The van der Waals surface area contributed by atoms with Crippen LogP contribution >= 0.6 is 31.9 Å². The molecule has 1 heterocycles. The number of para-hydroxylation sites is 1. The normalized spacial score (nSPS) is 10.8. The number of hydrogen-bond acceptors (Lipinski definition) is 2. The number of aromatic nitrogens is 1. The lowest BCUT2D eigenvalue weighted by Gasteiger charge is -2.11. The highest BCUT2D eigenvalue weighted by atomic mass is 79.9. The van der Waals surface area contributed by atoms with Crippen LogP contribution < -0.4 is 4.74 Å². The van der Waals surface area contributed by atoms with Gasteiger partial charge in [-0.2, -0.15) is 0 Å². The van der Waals surface area contributed by atoms with Crippen molar-refractivity contribution in [2.75, 3.05) is 0 Å². The second-order valence-electron chi connectivity index (χ2n) is 4.67. The van der Waals surface area contributed by atoms with Gasteiger partial charge in [-0.15, -0.1) is 0 Å². The van der Waals surface area contributed by atoms with Gasteiger partial charge in [0, 0.05) is 32.5 Å². The van der Waals surface area contributed by atoms with Crippen LogP contribution in [-0.4, -0.2) is 4.98 Å². The molecule has 0 atom stereocenters. The molecule has 21 heavy (non-hydrogen) atoms. The number of halogens is 2. The Labute approximate surface area is 140 Å². The molecule has 0 aliphatic heterocycles. The fraction of sp³-hybridized carbons (Fsp3) is 0.118. The van der Waals surface area contributed by atoms with Crippen molar-refractivity contribution in [2.24, 2.45) is 0 Å². The van der Waals surface area contributed by atoms with E-state index in [9.17, 15) is 0 Å². The van der Waals surface area contributed by atoms with E-state index in [1.165, 1.54) is 0 Å². The van der Waals surface area contributed by atoms with Gasteiger partial charge in [0.2, 0.25) is 0 Å². The highest BCUT2D eigenvalue weighted by Gasteiger charge is 2.06. The standard InChI is InChI=1S/C17H13Br2NO/c18-10-14-9-15(19)6-7-16(14)21-11-13-4-1-3-12-5-2-8-20-17(12)13/h1-9H,10-11H2. The predicted octanol–water partition coefficient (Wildman–Crippen LogP) is 5.47. The second kappa shape index (κ2) is 6.58. The lowest BCUT2D eigenvalue weighted by Crippen LogP contribution is -1.99. The number of hydrogen-bond donors (Lipinski definition) is 0. The minimum Gasteiger partial charge on any atom is -0.489 e. The molecule has 0 saturated heterocycles. The molecule has 3 rings (SSSR count). The summed E-state index contributed by atoms with van der Waals surface area (Å²) in [6, 6.07) is 16.2. The topological polar surface area (TPSA) is 22.1 Å². The first-order valence-electron chi connectivity index (χ1n) is 6.58. The Kier molecular flexibility index (Phi) is 4.56. The van der Waals surface area contributed by atoms with Crippen LogP contribution in [0.3, 0.4) is 0 Å². The fourth-order valence-corrected chi connectivity index (χ4v) is 3.08. The van der Waals surface area contributed by atoms with E-state index in [0.717, 1.165) is 37.6 Å². The van der Waals surface area contributed by atoms with Gasteiger partial charge < -0.3 is 4.74 Å². The van der Waals surface area contributed by atoms with Crippen molar-refractivity contribution in [3.63, 3.8) is 0 Å². The molecular formula is C17H13Br2NO. The zero-order valence-corrected chi connectivity index (χ0v) is 14.4. The first-order valence-corrected chi connectivity index (χ1v) is 8.49. The van der Waals surface area contributed by atoms with Crippen LogP contribution in [0.25, 0.3) is 10.9 Å². The molecule has 106 valence electrons. The fourth-order valence-electron chi connectivity index (χ4n) is 2.23. The van der Waals surface area contributed by atoms with Gasteiger partial charge in [0.15, 0.2) is 0 Å². The number of pyridine rings is 1. The molecule has 2 nitrogen and oxygen atoms in total. The molecule has 0 aliphatic rings. The van der Waals surface area contributed by atoms with Crippen LogP contribution in [-0.2, 0) is 11.9 Å². The van der Waals surface area contributed by atoms with Gasteiger partial charge in [-0.05, 0) is 24.3 Å². The minimum absolute atomic E-state index is 0.510. The molecule has 0 bridgehead atoms. The first-order chi connectivity index (χ1) is 10.3. The van der Waals surface area contributed by atoms with E-state index in [1.54, 1.807) is 0 Å². The number of fused-ring (bicyclic) bond motifs is 1. The monoisotopic (exact) mass is 405 g/mol. The molecule has 0 N–H and O–H groups in total. The molecule has 0 radical (unpaired) electrons. The molecule has 0 aliphatic carbocycles. The van der Waals surface area contributed by atoms with E-state index in [2.05, 4.69) is 61.1 Å². The van der Waals surface area contributed by atoms with Crippen molar-refractivity contribution in [3.8, 4) is 5.75 Å². The highest BCUT2D eigenvalue weighted by molar-refractivity contribution is 9.10. The van der Waals surface area contributed by atoms with Crippen molar-refractivity contribution < 1.29 is 4.74 Å². The van der Waals surface area contributed by atoms with E-state index in [1.807, 2.05) is 30.5 Å². The molecular weight excluding hydrogens is 394 g/mol. The third-order valence-electron chi connectivity index (χ3n) is 3.27. The maximum Gasteiger partial charge on any atom is 0.123 e. The number of nitrogens with zero attached hydrogens (tertiary/aromatic N) is 1. The number of rotatable bonds is 4. The lowest BCUT2D eigenvalue weighted by molar-refractivity contribution is 0.305. The third kappa shape index (κ3) is 3.27. The average Bonchev–Trinajstić information content (AvgIpc) is 2.53. The van der Waals surface area contributed by atoms with Crippen LogP contribution in [0.4, 0.5) is 0 Å². The number of benzene rings is 2. The molecule has 0 unspecified atom stereocenters. The Morgan fingerprint density at radius 3 is 2.71 bits per heavy atom. The summed E-state index contributed by atoms with van der Waals surface area (Å²) >= 11 is 6.97. The largest absolute Gasteiger partial charge is 0.489 e. The summed E-state index contributed by atoms with van der Waals surface area (Å²) < 4.78 is 7.04. The quantitative estimate of drug-likeness (QED) is 0.536. The summed E-state index contributed by atoms with van der Waals surface area (Å²) in [5.74, 6) is 0.892.